The van der Waals surface area contributed by atoms with Gasteiger partial charge >= 0.3 is 6.09 Å². The van der Waals surface area contributed by atoms with Crippen LogP contribution in [-0.2, 0) is 11.2 Å². The van der Waals surface area contributed by atoms with Crippen molar-refractivity contribution >= 4 is 23.0 Å². The summed E-state index contributed by atoms with van der Waals surface area (Å²) in [5, 5.41) is 8.90. The third-order valence-electron chi connectivity index (χ3n) is 3.45. The molecule has 2 rings (SSSR count). The lowest BCUT2D eigenvalue weighted by Crippen LogP contribution is -2.48. The first kappa shape index (κ1) is 16.7. The van der Waals surface area contributed by atoms with Crippen molar-refractivity contribution in [2.24, 2.45) is 0 Å². The van der Waals surface area contributed by atoms with Crippen molar-refractivity contribution in [2.45, 2.75) is 0 Å². The molecular formula is C14H19FN2O4S. The topological polar surface area (TPSA) is 76.1 Å². The Morgan fingerprint density at radius 2 is 2.09 bits per heavy atom. The van der Waals surface area contributed by atoms with Crippen LogP contribution in [0.4, 0.5) is 14.9 Å². The predicted octanol–water partition coefficient (Wildman–Crippen LogP) is 1.38. The summed E-state index contributed by atoms with van der Waals surface area (Å²) in [6.45, 7) is 1.90. The van der Waals surface area contributed by atoms with Crippen molar-refractivity contribution in [1.29, 1.82) is 0 Å². The average molecular weight is 330 g/mol. The first-order valence-electron chi connectivity index (χ1n) is 6.92. The van der Waals surface area contributed by atoms with E-state index in [1.165, 1.54) is 11.0 Å². The highest BCUT2D eigenvalue weighted by molar-refractivity contribution is 7.90. The molecule has 0 bridgehead atoms. The zero-order chi connectivity index (χ0) is 16.1. The van der Waals surface area contributed by atoms with Crippen LogP contribution in [0.15, 0.2) is 18.2 Å². The summed E-state index contributed by atoms with van der Waals surface area (Å²) in [4.78, 5) is 14.0. The van der Waals surface area contributed by atoms with Gasteiger partial charge in [0, 0.05) is 32.2 Å². The molecule has 0 spiro atoms. The Balaban J connectivity index is 1.94. The van der Waals surface area contributed by atoms with Gasteiger partial charge in [-0.25, -0.2) is 9.18 Å². The summed E-state index contributed by atoms with van der Waals surface area (Å²) in [6.07, 6.45) is 0.640. The second-order valence-electron chi connectivity index (χ2n) is 5.00. The molecule has 1 heterocycles. The van der Waals surface area contributed by atoms with E-state index in [9.17, 15) is 13.7 Å². The fourth-order valence-corrected chi connectivity index (χ4v) is 2.57. The summed E-state index contributed by atoms with van der Waals surface area (Å²) in [5.74, 6) is 0.398. The summed E-state index contributed by atoms with van der Waals surface area (Å²) >= 11 is -0.940. The van der Waals surface area contributed by atoms with Crippen molar-refractivity contribution in [3.63, 3.8) is 0 Å². The molecule has 0 aliphatic carbocycles. The molecule has 1 aliphatic heterocycles. The second-order valence-corrected chi connectivity index (χ2v) is 6.55. The number of nitrogens with zero attached hydrogens (tertiary/aromatic N) is 2. The van der Waals surface area contributed by atoms with Crippen LogP contribution in [0.1, 0.15) is 0 Å². The highest BCUT2D eigenvalue weighted by Crippen LogP contribution is 2.25. The van der Waals surface area contributed by atoms with E-state index < -0.39 is 23.1 Å². The molecule has 0 saturated carbocycles. The van der Waals surface area contributed by atoms with Gasteiger partial charge in [0.1, 0.15) is 23.9 Å². The van der Waals surface area contributed by atoms with Crippen molar-refractivity contribution in [1.82, 2.24) is 4.90 Å². The number of halogens is 1. The number of hydrogen-bond donors (Lipinski definition) is 1. The minimum absolute atomic E-state index is 0.277. The molecule has 1 fully saturated rings. The fourth-order valence-electron chi connectivity index (χ4n) is 2.25. The van der Waals surface area contributed by atoms with Gasteiger partial charge in [0.2, 0.25) is 0 Å². The number of carboxylic acid groups (broad SMARTS) is 1. The van der Waals surface area contributed by atoms with Crippen molar-refractivity contribution in [3.8, 4) is 5.75 Å². The van der Waals surface area contributed by atoms with Crippen LogP contribution in [-0.4, -0.2) is 65.4 Å². The molecule has 0 unspecified atom stereocenters. The third-order valence-corrected chi connectivity index (χ3v) is 4.19. The smallest absolute Gasteiger partial charge is 0.407 e. The molecule has 1 amide bonds. The van der Waals surface area contributed by atoms with Gasteiger partial charge in [-0.2, -0.15) is 0 Å². The molecule has 1 aromatic carbocycles. The lowest BCUT2D eigenvalue weighted by atomic mass is 10.2. The number of benzene rings is 1. The van der Waals surface area contributed by atoms with E-state index >= 15 is 0 Å². The SMILES string of the molecule is C[S@+]([O-])CCOc1ccc(N2CCN(C(=O)O)CC2)c(F)c1. The Kier molecular flexibility index (Phi) is 5.73. The van der Waals surface area contributed by atoms with E-state index in [1.807, 2.05) is 4.90 Å². The van der Waals surface area contributed by atoms with E-state index in [-0.39, 0.29) is 6.61 Å². The quantitative estimate of drug-likeness (QED) is 0.826. The van der Waals surface area contributed by atoms with E-state index in [0.29, 0.717) is 43.4 Å². The Hall–Kier alpha value is -1.67. The predicted molar refractivity (Wildman–Crippen MR) is 82.6 cm³/mol. The summed E-state index contributed by atoms with van der Waals surface area (Å²) < 4.78 is 30.5. The maximum Gasteiger partial charge on any atom is 0.407 e. The number of amides is 1. The molecule has 6 nitrogen and oxygen atoms in total. The summed E-state index contributed by atoms with van der Waals surface area (Å²) in [7, 11) is 0. The fraction of sp³-hybridized carbons (Fsp3) is 0.500. The normalized spacial score (nSPS) is 16.5. The van der Waals surface area contributed by atoms with Crippen molar-refractivity contribution in [2.75, 3.05) is 49.7 Å². The molecule has 0 aromatic heterocycles. The molecule has 1 saturated heterocycles. The standard InChI is InChI=1S/C14H19FN2O4S/c1-22(20)9-8-21-11-2-3-13(12(15)10-11)16-4-6-17(7-5-16)14(18)19/h2-3,10H,4-9H2,1H3,(H,18,19)/t22-/m0/s1. The van der Waals surface area contributed by atoms with E-state index in [2.05, 4.69) is 0 Å². The number of ether oxygens (including phenoxy) is 1. The monoisotopic (exact) mass is 330 g/mol. The number of rotatable bonds is 5. The first-order valence-corrected chi connectivity index (χ1v) is 8.65. The van der Waals surface area contributed by atoms with Gasteiger partial charge in [0.05, 0.1) is 11.9 Å². The molecule has 22 heavy (non-hydrogen) atoms. The lowest BCUT2D eigenvalue weighted by molar-refractivity contribution is 0.142. The van der Waals surface area contributed by atoms with E-state index in [1.54, 1.807) is 18.4 Å². The zero-order valence-corrected chi connectivity index (χ0v) is 13.1. The molecule has 1 aliphatic rings. The molecule has 1 aromatic rings. The number of hydrogen-bond acceptors (Lipinski definition) is 4. The number of piperazine rings is 1. The Morgan fingerprint density at radius 1 is 1.41 bits per heavy atom. The van der Waals surface area contributed by atoms with Gasteiger partial charge in [-0.05, 0) is 12.1 Å². The minimum atomic E-state index is -0.947. The largest absolute Gasteiger partial charge is 0.616 e. The van der Waals surface area contributed by atoms with Gasteiger partial charge in [-0.3, -0.25) is 0 Å². The molecule has 0 radical (unpaired) electrons. The number of carbonyl (C=O) groups is 1. The molecular weight excluding hydrogens is 311 g/mol. The highest BCUT2D eigenvalue weighted by Gasteiger charge is 2.22. The van der Waals surface area contributed by atoms with Crippen molar-refractivity contribution < 1.29 is 23.6 Å². The molecule has 8 heteroatoms. The van der Waals surface area contributed by atoms with Crippen LogP contribution in [0.2, 0.25) is 0 Å². The molecule has 122 valence electrons. The van der Waals surface area contributed by atoms with Crippen LogP contribution in [0.3, 0.4) is 0 Å². The zero-order valence-electron chi connectivity index (χ0n) is 12.3. The lowest BCUT2D eigenvalue weighted by Gasteiger charge is -2.34. The van der Waals surface area contributed by atoms with Crippen LogP contribution < -0.4 is 9.64 Å². The van der Waals surface area contributed by atoms with Crippen LogP contribution in [0.25, 0.3) is 0 Å². The highest BCUT2D eigenvalue weighted by atomic mass is 32.2. The number of anilines is 1. The van der Waals surface area contributed by atoms with Crippen molar-refractivity contribution in [3.05, 3.63) is 24.0 Å². The van der Waals surface area contributed by atoms with Gasteiger partial charge < -0.3 is 24.2 Å². The summed E-state index contributed by atoms with van der Waals surface area (Å²) in [6, 6.07) is 4.60. The maximum absolute atomic E-state index is 14.2. The Bertz CT molecular complexity index is 522. The van der Waals surface area contributed by atoms with Crippen LogP contribution >= 0.6 is 0 Å². The Labute approximate surface area is 131 Å². The first-order chi connectivity index (χ1) is 10.5. The van der Waals surface area contributed by atoms with Crippen LogP contribution in [0, 0.1) is 5.82 Å². The molecule has 1 N–H and O–H groups in total. The van der Waals surface area contributed by atoms with Gasteiger partial charge in [-0.1, -0.05) is 11.2 Å². The molecule has 1 atom stereocenters. The van der Waals surface area contributed by atoms with E-state index in [0.717, 1.165) is 0 Å². The summed E-state index contributed by atoms with van der Waals surface area (Å²) in [5.41, 5.74) is 0.441. The average Bonchev–Trinajstić information content (AvgIpc) is 2.47. The van der Waals surface area contributed by atoms with E-state index in [4.69, 9.17) is 9.84 Å². The maximum atomic E-state index is 14.2. The minimum Gasteiger partial charge on any atom is -0.616 e. The van der Waals surface area contributed by atoms with Gasteiger partial charge in [0.25, 0.3) is 0 Å². The van der Waals surface area contributed by atoms with Gasteiger partial charge in [0.15, 0.2) is 0 Å². The second kappa shape index (κ2) is 7.55. The van der Waals surface area contributed by atoms with Crippen LogP contribution in [0.5, 0.6) is 5.75 Å². The third kappa shape index (κ3) is 4.41. The van der Waals surface area contributed by atoms with Gasteiger partial charge in [-0.15, -0.1) is 0 Å². The Morgan fingerprint density at radius 3 is 2.64 bits per heavy atom.